The van der Waals surface area contributed by atoms with Crippen LogP contribution in [0.25, 0.3) is 0 Å². The molecule has 2 heteroatoms. The molecule has 0 bridgehead atoms. The summed E-state index contributed by atoms with van der Waals surface area (Å²) < 4.78 is 6.66. The first-order chi connectivity index (χ1) is 9.15. The minimum absolute atomic E-state index is 0.233. The van der Waals surface area contributed by atoms with Gasteiger partial charge in [0.2, 0.25) is 0 Å². The Morgan fingerprint density at radius 2 is 1.89 bits per heavy atom. The number of rotatable bonds is 7. The van der Waals surface area contributed by atoms with Crippen molar-refractivity contribution in [3.05, 3.63) is 0 Å². The number of nitrogens with one attached hydrogen (secondary N) is 1. The third-order valence-corrected chi connectivity index (χ3v) is 5.16. The fourth-order valence-corrected chi connectivity index (χ4v) is 3.70. The van der Waals surface area contributed by atoms with Crippen LogP contribution in [-0.2, 0) is 4.74 Å². The molecule has 2 nitrogen and oxygen atoms in total. The summed E-state index contributed by atoms with van der Waals surface area (Å²) in [6, 6.07) is 0.593. The molecule has 0 saturated heterocycles. The summed E-state index contributed by atoms with van der Waals surface area (Å²) in [5.41, 5.74) is 0.233. The molecule has 0 amide bonds. The van der Waals surface area contributed by atoms with Crippen LogP contribution < -0.4 is 5.32 Å². The average Bonchev–Trinajstić information content (AvgIpc) is 2.35. The predicted octanol–water partition coefficient (Wildman–Crippen LogP) is 4.28. The van der Waals surface area contributed by atoms with Gasteiger partial charge in [0, 0.05) is 6.04 Å². The molecule has 2 aliphatic rings. The lowest BCUT2D eigenvalue weighted by molar-refractivity contribution is -0.167. The van der Waals surface area contributed by atoms with E-state index in [1.54, 1.807) is 0 Å². The zero-order valence-corrected chi connectivity index (χ0v) is 13.2. The first-order valence-electron chi connectivity index (χ1n) is 8.56. The van der Waals surface area contributed by atoms with Crippen LogP contribution in [0.5, 0.6) is 0 Å². The SMILES string of the molecule is CCC1CCCCC1OC1(CCNC(C)C)CCC1. The van der Waals surface area contributed by atoms with Crippen LogP contribution in [0.15, 0.2) is 0 Å². The molecule has 0 aromatic heterocycles. The van der Waals surface area contributed by atoms with E-state index >= 15 is 0 Å². The molecular formula is C17H33NO. The van der Waals surface area contributed by atoms with Crippen LogP contribution >= 0.6 is 0 Å². The smallest absolute Gasteiger partial charge is 0.0698 e. The van der Waals surface area contributed by atoms with E-state index < -0.39 is 0 Å². The van der Waals surface area contributed by atoms with Crippen molar-refractivity contribution in [3.63, 3.8) is 0 Å². The van der Waals surface area contributed by atoms with Crippen molar-refractivity contribution in [1.29, 1.82) is 0 Å². The van der Waals surface area contributed by atoms with Gasteiger partial charge >= 0.3 is 0 Å². The fraction of sp³-hybridized carbons (Fsp3) is 1.00. The van der Waals surface area contributed by atoms with Crippen molar-refractivity contribution in [2.24, 2.45) is 5.92 Å². The molecule has 0 aliphatic heterocycles. The van der Waals surface area contributed by atoms with Crippen LogP contribution in [0, 0.1) is 5.92 Å². The van der Waals surface area contributed by atoms with Gasteiger partial charge in [0.25, 0.3) is 0 Å². The molecule has 2 fully saturated rings. The standard InChI is InChI=1S/C17H33NO/c1-4-15-8-5-6-9-16(15)19-17(10-7-11-17)12-13-18-14(2)3/h14-16,18H,4-13H2,1-3H3. The summed E-state index contributed by atoms with van der Waals surface area (Å²) in [6.07, 6.45) is 12.5. The molecule has 1 N–H and O–H groups in total. The van der Waals surface area contributed by atoms with Crippen LogP contribution in [0.2, 0.25) is 0 Å². The molecule has 2 saturated carbocycles. The van der Waals surface area contributed by atoms with Gasteiger partial charge < -0.3 is 10.1 Å². The predicted molar refractivity (Wildman–Crippen MR) is 81.5 cm³/mol. The van der Waals surface area contributed by atoms with Crippen LogP contribution in [0.4, 0.5) is 0 Å². The molecule has 0 heterocycles. The minimum atomic E-state index is 0.233. The first-order valence-corrected chi connectivity index (χ1v) is 8.56. The molecule has 2 atom stereocenters. The Labute approximate surface area is 119 Å². The maximum Gasteiger partial charge on any atom is 0.0698 e. The van der Waals surface area contributed by atoms with Crippen molar-refractivity contribution < 1.29 is 4.74 Å². The molecule has 0 radical (unpaired) electrons. The third-order valence-electron chi connectivity index (χ3n) is 5.16. The van der Waals surface area contributed by atoms with E-state index in [1.165, 1.54) is 57.8 Å². The topological polar surface area (TPSA) is 21.3 Å². The Morgan fingerprint density at radius 3 is 2.47 bits per heavy atom. The van der Waals surface area contributed by atoms with Gasteiger partial charge in [0.05, 0.1) is 11.7 Å². The van der Waals surface area contributed by atoms with E-state index in [4.69, 9.17) is 4.74 Å². The van der Waals surface area contributed by atoms with E-state index in [0.717, 1.165) is 12.5 Å². The minimum Gasteiger partial charge on any atom is -0.371 e. The van der Waals surface area contributed by atoms with Gasteiger partial charge in [-0.1, -0.05) is 40.0 Å². The van der Waals surface area contributed by atoms with E-state index in [1.807, 2.05) is 0 Å². The third kappa shape index (κ3) is 4.19. The zero-order chi connectivity index (χ0) is 13.7. The Balaban J connectivity index is 1.83. The number of ether oxygens (including phenoxy) is 1. The zero-order valence-electron chi connectivity index (χ0n) is 13.2. The van der Waals surface area contributed by atoms with E-state index in [2.05, 4.69) is 26.1 Å². The Bertz CT molecular complexity index is 260. The van der Waals surface area contributed by atoms with Gasteiger partial charge in [0.15, 0.2) is 0 Å². The summed E-state index contributed by atoms with van der Waals surface area (Å²) in [6.45, 7) is 7.90. The maximum absolute atomic E-state index is 6.66. The van der Waals surface area contributed by atoms with E-state index in [9.17, 15) is 0 Å². The van der Waals surface area contributed by atoms with Crippen LogP contribution in [-0.4, -0.2) is 24.3 Å². The van der Waals surface area contributed by atoms with Crippen molar-refractivity contribution in [3.8, 4) is 0 Å². The number of hydrogen-bond acceptors (Lipinski definition) is 2. The molecule has 112 valence electrons. The lowest BCUT2D eigenvalue weighted by atomic mass is 9.76. The van der Waals surface area contributed by atoms with Crippen LogP contribution in [0.1, 0.15) is 78.6 Å². The van der Waals surface area contributed by atoms with Crippen molar-refractivity contribution in [2.45, 2.75) is 96.3 Å². The molecule has 2 aliphatic carbocycles. The van der Waals surface area contributed by atoms with Gasteiger partial charge in [-0.15, -0.1) is 0 Å². The highest BCUT2D eigenvalue weighted by molar-refractivity contribution is 4.92. The second-order valence-corrected chi connectivity index (χ2v) is 7.00. The van der Waals surface area contributed by atoms with E-state index in [-0.39, 0.29) is 5.60 Å². The van der Waals surface area contributed by atoms with Crippen molar-refractivity contribution in [1.82, 2.24) is 5.32 Å². The van der Waals surface area contributed by atoms with Gasteiger partial charge in [-0.2, -0.15) is 0 Å². The largest absolute Gasteiger partial charge is 0.371 e. The van der Waals surface area contributed by atoms with Gasteiger partial charge in [-0.25, -0.2) is 0 Å². The molecule has 2 rings (SSSR count). The van der Waals surface area contributed by atoms with Crippen molar-refractivity contribution in [2.75, 3.05) is 6.54 Å². The molecule has 0 aromatic rings. The summed E-state index contributed by atoms with van der Waals surface area (Å²) in [7, 11) is 0. The summed E-state index contributed by atoms with van der Waals surface area (Å²) in [5.74, 6) is 0.823. The normalized spacial score (nSPS) is 30.3. The average molecular weight is 267 g/mol. The lowest BCUT2D eigenvalue weighted by Gasteiger charge is -2.47. The highest BCUT2D eigenvalue weighted by Crippen LogP contribution is 2.42. The summed E-state index contributed by atoms with van der Waals surface area (Å²) in [4.78, 5) is 0. The second-order valence-electron chi connectivity index (χ2n) is 7.00. The monoisotopic (exact) mass is 267 g/mol. The highest BCUT2D eigenvalue weighted by Gasteiger charge is 2.41. The molecule has 2 unspecified atom stereocenters. The fourth-order valence-electron chi connectivity index (χ4n) is 3.70. The number of hydrogen-bond donors (Lipinski definition) is 1. The van der Waals surface area contributed by atoms with Gasteiger partial charge in [-0.3, -0.25) is 0 Å². The van der Waals surface area contributed by atoms with Gasteiger partial charge in [0.1, 0.15) is 0 Å². The highest BCUT2D eigenvalue weighted by atomic mass is 16.5. The molecule has 0 aromatic carbocycles. The Hall–Kier alpha value is -0.0800. The lowest BCUT2D eigenvalue weighted by Crippen LogP contribution is -2.47. The van der Waals surface area contributed by atoms with Gasteiger partial charge in [-0.05, 0) is 51.0 Å². The quantitative estimate of drug-likeness (QED) is 0.743. The summed E-state index contributed by atoms with van der Waals surface area (Å²) >= 11 is 0. The molecule has 0 spiro atoms. The van der Waals surface area contributed by atoms with E-state index in [0.29, 0.717) is 12.1 Å². The maximum atomic E-state index is 6.66. The summed E-state index contributed by atoms with van der Waals surface area (Å²) in [5, 5.41) is 3.55. The van der Waals surface area contributed by atoms with Crippen molar-refractivity contribution >= 4 is 0 Å². The molecule has 19 heavy (non-hydrogen) atoms. The van der Waals surface area contributed by atoms with Crippen LogP contribution in [0.3, 0.4) is 0 Å². The molecular weight excluding hydrogens is 234 g/mol. The first kappa shape index (κ1) is 15.3. The Kier molecular flexibility index (Phi) is 5.70. The Morgan fingerprint density at radius 1 is 1.16 bits per heavy atom. The second kappa shape index (κ2) is 7.08.